The van der Waals surface area contributed by atoms with Crippen LogP contribution in [0.15, 0.2) is 48.5 Å². The highest BCUT2D eigenvalue weighted by atomic mass is 19.1. The molecule has 5 heteroatoms. The van der Waals surface area contributed by atoms with Crippen LogP contribution in [0.5, 0.6) is 11.5 Å². The van der Waals surface area contributed by atoms with Crippen LogP contribution in [0.3, 0.4) is 0 Å². The van der Waals surface area contributed by atoms with Gasteiger partial charge in [-0.05, 0) is 24.3 Å². The number of ether oxygens (including phenoxy) is 2. The maximum absolute atomic E-state index is 12.9. The first-order chi connectivity index (χ1) is 9.66. The van der Waals surface area contributed by atoms with E-state index in [0.29, 0.717) is 5.75 Å². The zero-order valence-electron chi connectivity index (χ0n) is 10.6. The van der Waals surface area contributed by atoms with Crippen LogP contribution in [0.4, 0.5) is 4.39 Å². The number of rotatable bonds is 6. The Morgan fingerprint density at radius 1 is 1.05 bits per heavy atom. The summed E-state index contributed by atoms with van der Waals surface area (Å²) in [7, 11) is 0. The highest BCUT2D eigenvalue weighted by Crippen LogP contribution is 2.18. The van der Waals surface area contributed by atoms with Crippen LogP contribution in [0, 0.1) is 5.82 Å². The third kappa shape index (κ3) is 3.71. The molecule has 0 aliphatic carbocycles. The molecule has 0 aliphatic heterocycles. The Morgan fingerprint density at radius 3 is 2.55 bits per heavy atom. The quantitative estimate of drug-likeness (QED) is 0.824. The van der Waals surface area contributed by atoms with Crippen LogP contribution in [-0.4, -0.2) is 24.3 Å². The van der Waals surface area contributed by atoms with Crippen LogP contribution in [0.2, 0.25) is 0 Å². The minimum absolute atomic E-state index is 0.0956. The number of carboxylic acids is 1. The van der Waals surface area contributed by atoms with Crippen LogP contribution in [0.1, 0.15) is 10.4 Å². The van der Waals surface area contributed by atoms with Crippen molar-refractivity contribution in [3.8, 4) is 11.5 Å². The first kappa shape index (κ1) is 13.9. The average molecular weight is 276 g/mol. The summed E-state index contributed by atoms with van der Waals surface area (Å²) in [6.45, 7) is 0.359. The van der Waals surface area contributed by atoms with Gasteiger partial charge in [-0.15, -0.1) is 0 Å². The second kappa shape index (κ2) is 6.56. The van der Waals surface area contributed by atoms with E-state index in [9.17, 15) is 9.18 Å². The summed E-state index contributed by atoms with van der Waals surface area (Å²) in [5, 5.41) is 8.98. The van der Waals surface area contributed by atoms with E-state index in [0.717, 1.165) is 0 Å². The van der Waals surface area contributed by atoms with Crippen LogP contribution in [0.25, 0.3) is 0 Å². The van der Waals surface area contributed by atoms with Crippen LogP contribution in [-0.2, 0) is 0 Å². The van der Waals surface area contributed by atoms with Gasteiger partial charge in [-0.2, -0.15) is 0 Å². The molecule has 0 fully saturated rings. The van der Waals surface area contributed by atoms with Crippen molar-refractivity contribution in [2.24, 2.45) is 0 Å². The molecule has 0 aliphatic rings. The van der Waals surface area contributed by atoms with E-state index < -0.39 is 5.97 Å². The SMILES string of the molecule is O=C(O)c1ccccc1OCCOc1cccc(F)c1. The summed E-state index contributed by atoms with van der Waals surface area (Å²) in [4.78, 5) is 11.0. The van der Waals surface area contributed by atoms with Gasteiger partial charge in [0.25, 0.3) is 0 Å². The fraction of sp³-hybridized carbons (Fsp3) is 0.133. The lowest BCUT2D eigenvalue weighted by atomic mass is 10.2. The Bertz CT molecular complexity index is 598. The van der Waals surface area contributed by atoms with Crippen molar-refractivity contribution < 1.29 is 23.8 Å². The molecule has 0 radical (unpaired) electrons. The zero-order valence-corrected chi connectivity index (χ0v) is 10.6. The molecule has 1 N–H and O–H groups in total. The van der Waals surface area contributed by atoms with Crippen molar-refractivity contribution in [3.63, 3.8) is 0 Å². The molecule has 20 heavy (non-hydrogen) atoms. The average Bonchev–Trinajstić information content (AvgIpc) is 2.44. The molecule has 0 amide bonds. The number of hydrogen-bond donors (Lipinski definition) is 1. The first-order valence-electron chi connectivity index (χ1n) is 6.00. The van der Waals surface area contributed by atoms with E-state index in [-0.39, 0.29) is 30.3 Å². The predicted molar refractivity (Wildman–Crippen MR) is 70.8 cm³/mol. The molecule has 0 bridgehead atoms. The summed E-state index contributed by atoms with van der Waals surface area (Å²) in [5.41, 5.74) is 0.0956. The van der Waals surface area contributed by atoms with E-state index >= 15 is 0 Å². The van der Waals surface area contributed by atoms with Crippen molar-refractivity contribution in [2.75, 3.05) is 13.2 Å². The smallest absolute Gasteiger partial charge is 0.339 e. The molecule has 0 unspecified atom stereocenters. The molecule has 2 aromatic carbocycles. The summed E-state index contributed by atoms with van der Waals surface area (Å²) < 4.78 is 23.6. The largest absolute Gasteiger partial charge is 0.490 e. The molecule has 2 aromatic rings. The van der Waals surface area contributed by atoms with Gasteiger partial charge in [0.2, 0.25) is 0 Å². The molecule has 0 atom stereocenters. The molecular weight excluding hydrogens is 263 g/mol. The van der Waals surface area contributed by atoms with Gasteiger partial charge in [-0.1, -0.05) is 18.2 Å². The standard InChI is InChI=1S/C15H13FO4/c16-11-4-3-5-12(10-11)19-8-9-20-14-7-2-1-6-13(14)15(17)18/h1-7,10H,8-9H2,(H,17,18). The third-order valence-electron chi connectivity index (χ3n) is 2.52. The summed E-state index contributed by atoms with van der Waals surface area (Å²) in [6, 6.07) is 12.1. The van der Waals surface area contributed by atoms with Gasteiger partial charge in [-0.25, -0.2) is 9.18 Å². The lowest BCUT2D eigenvalue weighted by molar-refractivity contribution is 0.0691. The minimum atomic E-state index is -1.05. The van der Waals surface area contributed by atoms with Crippen molar-refractivity contribution in [1.82, 2.24) is 0 Å². The van der Waals surface area contributed by atoms with Gasteiger partial charge in [0.1, 0.15) is 36.1 Å². The Labute approximate surface area is 115 Å². The van der Waals surface area contributed by atoms with Crippen molar-refractivity contribution in [1.29, 1.82) is 0 Å². The lowest BCUT2D eigenvalue weighted by Crippen LogP contribution is -2.11. The number of hydrogen-bond acceptors (Lipinski definition) is 3. The molecule has 104 valence electrons. The Morgan fingerprint density at radius 2 is 1.80 bits per heavy atom. The first-order valence-corrected chi connectivity index (χ1v) is 6.00. The van der Waals surface area contributed by atoms with Crippen molar-refractivity contribution in [3.05, 3.63) is 59.9 Å². The van der Waals surface area contributed by atoms with Gasteiger partial charge in [0.05, 0.1) is 0 Å². The number of carboxylic acid groups (broad SMARTS) is 1. The second-order valence-corrected chi connectivity index (χ2v) is 3.96. The molecule has 4 nitrogen and oxygen atoms in total. The van der Waals surface area contributed by atoms with Gasteiger partial charge < -0.3 is 14.6 Å². The van der Waals surface area contributed by atoms with Crippen LogP contribution < -0.4 is 9.47 Å². The number of aromatic carboxylic acids is 1. The summed E-state index contributed by atoms with van der Waals surface area (Å²) in [6.07, 6.45) is 0. The van der Waals surface area contributed by atoms with E-state index in [2.05, 4.69) is 0 Å². The number of benzene rings is 2. The molecule has 0 aromatic heterocycles. The van der Waals surface area contributed by atoms with E-state index in [1.807, 2.05) is 0 Å². The molecule has 0 saturated carbocycles. The number of para-hydroxylation sites is 1. The van der Waals surface area contributed by atoms with Crippen molar-refractivity contribution >= 4 is 5.97 Å². The van der Waals surface area contributed by atoms with Crippen LogP contribution >= 0.6 is 0 Å². The summed E-state index contributed by atoms with van der Waals surface area (Å²) in [5.74, 6) is -0.741. The van der Waals surface area contributed by atoms with Gasteiger partial charge >= 0.3 is 5.97 Å². The number of carbonyl (C=O) groups is 1. The molecule has 0 heterocycles. The maximum Gasteiger partial charge on any atom is 0.339 e. The Hall–Kier alpha value is -2.56. The summed E-state index contributed by atoms with van der Waals surface area (Å²) >= 11 is 0. The lowest BCUT2D eigenvalue weighted by Gasteiger charge is -2.10. The zero-order chi connectivity index (χ0) is 14.4. The molecular formula is C15H13FO4. The molecule has 0 saturated heterocycles. The van der Waals surface area contributed by atoms with E-state index in [1.54, 1.807) is 30.3 Å². The second-order valence-electron chi connectivity index (χ2n) is 3.96. The highest BCUT2D eigenvalue weighted by Gasteiger charge is 2.09. The fourth-order valence-corrected chi connectivity index (χ4v) is 1.64. The fourth-order valence-electron chi connectivity index (χ4n) is 1.64. The third-order valence-corrected chi connectivity index (χ3v) is 2.52. The topological polar surface area (TPSA) is 55.8 Å². The number of halogens is 1. The van der Waals surface area contributed by atoms with E-state index in [4.69, 9.17) is 14.6 Å². The molecule has 0 spiro atoms. The monoisotopic (exact) mass is 276 g/mol. The van der Waals surface area contributed by atoms with E-state index in [1.165, 1.54) is 18.2 Å². The predicted octanol–water partition coefficient (Wildman–Crippen LogP) is 2.98. The van der Waals surface area contributed by atoms with Gasteiger partial charge in [0.15, 0.2) is 0 Å². The highest BCUT2D eigenvalue weighted by molar-refractivity contribution is 5.90. The maximum atomic E-state index is 12.9. The Kier molecular flexibility index (Phi) is 4.55. The molecule has 2 rings (SSSR count). The normalized spacial score (nSPS) is 10.1. The van der Waals surface area contributed by atoms with Gasteiger partial charge in [0, 0.05) is 6.07 Å². The minimum Gasteiger partial charge on any atom is -0.490 e. The van der Waals surface area contributed by atoms with Crippen molar-refractivity contribution in [2.45, 2.75) is 0 Å². The Balaban J connectivity index is 1.86. The van der Waals surface area contributed by atoms with Gasteiger partial charge in [-0.3, -0.25) is 0 Å².